The van der Waals surface area contributed by atoms with Gasteiger partial charge in [-0.25, -0.2) is 4.39 Å². The van der Waals surface area contributed by atoms with Gasteiger partial charge in [0.25, 0.3) is 5.91 Å². The van der Waals surface area contributed by atoms with Crippen LogP contribution >= 0.6 is 11.8 Å². The van der Waals surface area contributed by atoms with E-state index < -0.39 is 17.6 Å². The molecule has 0 fully saturated rings. The third kappa shape index (κ3) is 5.67. The number of furan rings is 1. The molecule has 2 amide bonds. The first-order chi connectivity index (χ1) is 17.5. The van der Waals surface area contributed by atoms with Gasteiger partial charge in [0.1, 0.15) is 11.6 Å². The summed E-state index contributed by atoms with van der Waals surface area (Å²) in [6.45, 7) is 2.09. The lowest BCUT2D eigenvalue weighted by atomic mass is 9.85. The monoisotopic (exact) mass is 502 g/mol. The zero-order valence-electron chi connectivity index (χ0n) is 19.4. The Labute approximate surface area is 212 Å². The van der Waals surface area contributed by atoms with Crippen molar-refractivity contribution < 1.29 is 18.4 Å². The van der Waals surface area contributed by atoms with Crippen LogP contribution < -0.4 is 16.0 Å². The van der Waals surface area contributed by atoms with E-state index in [9.17, 15) is 19.2 Å². The molecule has 182 valence electrons. The number of allylic oxidation sites excluding steroid dienone is 2. The summed E-state index contributed by atoms with van der Waals surface area (Å²) < 4.78 is 19.7. The summed E-state index contributed by atoms with van der Waals surface area (Å²) in [6, 6.07) is 20.9. The van der Waals surface area contributed by atoms with Crippen molar-refractivity contribution in [1.82, 2.24) is 10.6 Å². The first kappa shape index (κ1) is 24.8. The predicted molar refractivity (Wildman–Crippen MR) is 136 cm³/mol. The quantitative estimate of drug-likeness (QED) is 0.408. The first-order valence-electron chi connectivity index (χ1n) is 11.1. The number of nitriles is 1. The first-order valence-corrected chi connectivity index (χ1v) is 12.1. The highest BCUT2D eigenvalue weighted by atomic mass is 32.2. The molecular weight excluding hydrogens is 479 g/mol. The minimum Gasteiger partial charge on any atom is -0.468 e. The van der Waals surface area contributed by atoms with E-state index in [0.717, 1.165) is 17.3 Å². The Morgan fingerprint density at radius 3 is 2.56 bits per heavy atom. The van der Waals surface area contributed by atoms with Crippen LogP contribution in [0.4, 0.5) is 10.1 Å². The highest BCUT2D eigenvalue weighted by Gasteiger charge is 2.36. The van der Waals surface area contributed by atoms with Crippen molar-refractivity contribution >= 4 is 29.3 Å². The lowest BCUT2D eigenvalue weighted by Gasteiger charge is -2.28. The van der Waals surface area contributed by atoms with Crippen molar-refractivity contribution in [2.45, 2.75) is 19.4 Å². The van der Waals surface area contributed by atoms with E-state index in [1.54, 1.807) is 25.1 Å². The summed E-state index contributed by atoms with van der Waals surface area (Å²) in [4.78, 5) is 25.7. The number of carbonyl (C=O) groups excluding carboxylic acids is 2. The lowest BCUT2D eigenvalue weighted by molar-refractivity contribution is -0.118. The van der Waals surface area contributed by atoms with Crippen LogP contribution in [0.2, 0.25) is 0 Å². The predicted octanol–water partition coefficient (Wildman–Crippen LogP) is 4.80. The molecule has 0 aliphatic carbocycles. The van der Waals surface area contributed by atoms with Crippen LogP contribution in [0, 0.1) is 17.1 Å². The maximum absolute atomic E-state index is 14.2. The number of carbonyl (C=O) groups is 2. The minimum atomic E-state index is -0.826. The number of nitrogens with one attached hydrogen (secondary N) is 3. The van der Waals surface area contributed by atoms with Gasteiger partial charge in [-0.2, -0.15) is 5.26 Å². The van der Waals surface area contributed by atoms with Gasteiger partial charge < -0.3 is 20.4 Å². The van der Waals surface area contributed by atoms with Crippen molar-refractivity contribution in [1.29, 1.82) is 5.26 Å². The Bertz CT molecular complexity index is 1360. The second kappa shape index (κ2) is 11.4. The maximum Gasteiger partial charge on any atom is 0.254 e. The number of dihydropyridines is 1. The van der Waals surface area contributed by atoms with E-state index in [2.05, 4.69) is 22.0 Å². The SMILES string of the molecule is CC1=C(C(=O)Nc2ccccc2F)[C@H](c2ccco2)C(C#N)=C(SCC(=O)NCc2ccccc2)N1. The number of thioether (sulfide) groups is 1. The summed E-state index contributed by atoms with van der Waals surface area (Å²) in [7, 11) is 0. The van der Waals surface area contributed by atoms with Gasteiger partial charge in [-0.1, -0.05) is 54.2 Å². The molecule has 2 aromatic carbocycles. The van der Waals surface area contributed by atoms with Gasteiger partial charge in [0.05, 0.1) is 45.9 Å². The normalized spacial score (nSPS) is 15.2. The second-order valence-corrected chi connectivity index (χ2v) is 8.94. The third-order valence-electron chi connectivity index (χ3n) is 5.52. The fourth-order valence-electron chi connectivity index (χ4n) is 3.80. The minimum absolute atomic E-state index is 0.0266. The molecule has 36 heavy (non-hydrogen) atoms. The van der Waals surface area contributed by atoms with Crippen molar-refractivity contribution in [2.75, 3.05) is 11.1 Å². The summed E-state index contributed by atoms with van der Waals surface area (Å²) >= 11 is 1.16. The van der Waals surface area contributed by atoms with E-state index in [0.29, 0.717) is 23.0 Å². The maximum atomic E-state index is 14.2. The molecule has 1 aliphatic rings. The summed E-state index contributed by atoms with van der Waals surface area (Å²) in [6.07, 6.45) is 1.46. The number of benzene rings is 2. The van der Waals surface area contributed by atoms with Crippen molar-refractivity contribution in [2.24, 2.45) is 0 Å². The number of halogens is 1. The molecule has 0 saturated heterocycles. The standard InChI is InChI=1S/C27H23FN4O3S/c1-17-24(26(34)32-21-11-6-5-10-20(21)28)25(22-12-7-13-35-22)19(14-29)27(31-17)36-16-23(33)30-15-18-8-3-2-4-9-18/h2-13,25,31H,15-16H2,1H3,(H,30,33)(H,32,34)/t25-/m0/s1. The highest BCUT2D eigenvalue weighted by Crippen LogP contribution is 2.41. The van der Waals surface area contributed by atoms with Gasteiger partial charge in [0, 0.05) is 12.2 Å². The zero-order chi connectivity index (χ0) is 25.5. The van der Waals surface area contributed by atoms with Gasteiger partial charge >= 0.3 is 0 Å². The van der Waals surface area contributed by atoms with Crippen LogP contribution in [0.25, 0.3) is 0 Å². The van der Waals surface area contributed by atoms with E-state index in [1.165, 1.54) is 24.5 Å². The summed E-state index contributed by atoms with van der Waals surface area (Å²) in [5.41, 5.74) is 1.93. The number of hydrogen-bond acceptors (Lipinski definition) is 6. The fourth-order valence-corrected chi connectivity index (χ4v) is 4.73. The van der Waals surface area contributed by atoms with Gasteiger partial charge in [0.15, 0.2) is 0 Å². The number of anilines is 1. The Morgan fingerprint density at radius 1 is 1.11 bits per heavy atom. The van der Waals surface area contributed by atoms with E-state index in [-0.39, 0.29) is 28.5 Å². The van der Waals surface area contributed by atoms with Crippen LogP contribution in [-0.4, -0.2) is 17.6 Å². The average molecular weight is 503 g/mol. The topological polar surface area (TPSA) is 107 Å². The molecular formula is C27H23FN4O3S. The molecule has 3 N–H and O–H groups in total. The van der Waals surface area contributed by atoms with Gasteiger partial charge in [0.2, 0.25) is 5.91 Å². The van der Waals surface area contributed by atoms with E-state index in [1.807, 2.05) is 30.3 Å². The van der Waals surface area contributed by atoms with Crippen molar-refractivity contribution in [3.8, 4) is 6.07 Å². The molecule has 1 aliphatic heterocycles. The van der Waals surface area contributed by atoms with Crippen LogP contribution in [0.3, 0.4) is 0 Å². The largest absolute Gasteiger partial charge is 0.468 e. The zero-order valence-corrected chi connectivity index (χ0v) is 20.2. The number of rotatable bonds is 8. The molecule has 3 aromatic rings. The van der Waals surface area contributed by atoms with Crippen molar-refractivity contribution in [3.05, 3.63) is 112 Å². The smallest absolute Gasteiger partial charge is 0.254 e. The van der Waals surface area contributed by atoms with Crippen LogP contribution in [0.1, 0.15) is 24.2 Å². The molecule has 0 saturated carbocycles. The molecule has 0 unspecified atom stereocenters. The number of nitrogens with zero attached hydrogens (tertiary/aromatic N) is 1. The third-order valence-corrected chi connectivity index (χ3v) is 6.54. The molecule has 0 spiro atoms. The van der Waals surface area contributed by atoms with Gasteiger partial charge in [-0.05, 0) is 36.8 Å². The Hall–Kier alpha value is -4.29. The van der Waals surface area contributed by atoms with Gasteiger partial charge in [-0.15, -0.1) is 0 Å². The van der Waals surface area contributed by atoms with Crippen LogP contribution in [-0.2, 0) is 16.1 Å². The molecule has 1 aromatic heterocycles. The highest BCUT2D eigenvalue weighted by molar-refractivity contribution is 8.03. The van der Waals surface area contributed by atoms with Gasteiger partial charge in [-0.3, -0.25) is 9.59 Å². The number of amides is 2. The Kier molecular flexibility index (Phi) is 7.88. The van der Waals surface area contributed by atoms with Crippen LogP contribution in [0.5, 0.6) is 0 Å². The summed E-state index contributed by atoms with van der Waals surface area (Å²) in [5.74, 6) is -1.71. The molecule has 7 nitrogen and oxygen atoms in total. The molecule has 1 atom stereocenters. The molecule has 2 heterocycles. The molecule has 0 bridgehead atoms. The second-order valence-electron chi connectivity index (χ2n) is 7.95. The lowest BCUT2D eigenvalue weighted by Crippen LogP contribution is -2.31. The molecule has 9 heteroatoms. The Morgan fingerprint density at radius 2 is 1.86 bits per heavy atom. The summed E-state index contributed by atoms with van der Waals surface area (Å²) in [5, 5.41) is 19.0. The average Bonchev–Trinajstić information content (AvgIpc) is 3.42. The van der Waals surface area contributed by atoms with Crippen LogP contribution in [0.15, 0.2) is 99.3 Å². The van der Waals surface area contributed by atoms with E-state index >= 15 is 0 Å². The Balaban J connectivity index is 1.55. The molecule has 4 rings (SSSR count). The van der Waals surface area contributed by atoms with Crippen molar-refractivity contribution in [3.63, 3.8) is 0 Å². The van der Waals surface area contributed by atoms with E-state index in [4.69, 9.17) is 4.42 Å². The number of hydrogen-bond donors (Lipinski definition) is 3. The fraction of sp³-hybridized carbons (Fsp3) is 0.148. The number of para-hydroxylation sites is 1. The molecule has 0 radical (unpaired) electrons.